The minimum absolute atomic E-state index is 0.0820. The molecule has 160 valence electrons. The van der Waals surface area contributed by atoms with Crippen LogP contribution in [-0.2, 0) is 9.53 Å². The van der Waals surface area contributed by atoms with E-state index in [0.29, 0.717) is 50.0 Å². The number of carbonyl (C=O) groups is 1. The molecule has 5 heterocycles. The predicted octanol–water partition coefficient (Wildman–Crippen LogP) is 2.46. The van der Waals surface area contributed by atoms with E-state index in [9.17, 15) is 13.6 Å². The van der Waals surface area contributed by atoms with Crippen LogP contribution >= 0.6 is 0 Å². The summed E-state index contributed by atoms with van der Waals surface area (Å²) >= 11 is 0. The minimum atomic E-state index is -0.893. The molecule has 8 nitrogen and oxygen atoms in total. The summed E-state index contributed by atoms with van der Waals surface area (Å²) in [5, 5.41) is 4.26. The number of anilines is 1. The van der Waals surface area contributed by atoms with Crippen LogP contribution in [-0.4, -0.2) is 55.3 Å². The minimum Gasteiger partial charge on any atom is -0.355 e. The molecule has 1 amide bonds. The fourth-order valence-electron chi connectivity index (χ4n) is 5.19. The summed E-state index contributed by atoms with van der Waals surface area (Å²) in [6.07, 6.45) is 6.85. The molecule has 0 bridgehead atoms. The number of hydrogen-bond acceptors (Lipinski definition) is 6. The normalized spacial score (nSPS) is 25.0. The summed E-state index contributed by atoms with van der Waals surface area (Å²) < 4.78 is 35.6. The molecule has 31 heavy (non-hydrogen) atoms. The number of rotatable bonds is 2. The molecule has 3 aliphatic rings. The van der Waals surface area contributed by atoms with Crippen molar-refractivity contribution in [3.05, 3.63) is 54.1 Å². The maximum atomic E-state index is 13.8. The molecule has 6 rings (SSSR count). The molecular weight excluding hydrogens is 406 g/mol. The van der Waals surface area contributed by atoms with E-state index >= 15 is 0 Å². The van der Waals surface area contributed by atoms with Crippen LogP contribution in [0.25, 0.3) is 5.65 Å². The zero-order chi connectivity index (χ0) is 21.2. The first kappa shape index (κ1) is 18.6. The molecule has 2 unspecified atom stereocenters. The fraction of sp³-hybridized carbons (Fsp3) is 0.429. The predicted molar refractivity (Wildman–Crippen MR) is 105 cm³/mol. The zero-order valence-electron chi connectivity index (χ0n) is 16.6. The van der Waals surface area contributed by atoms with Gasteiger partial charge < -0.3 is 14.5 Å². The van der Waals surface area contributed by atoms with Crippen molar-refractivity contribution >= 4 is 17.4 Å². The van der Waals surface area contributed by atoms with Gasteiger partial charge in [-0.25, -0.2) is 13.8 Å². The highest BCUT2D eigenvalue weighted by Gasteiger charge is 2.58. The number of amides is 1. The lowest BCUT2D eigenvalue weighted by Gasteiger charge is -2.38. The van der Waals surface area contributed by atoms with Crippen LogP contribution in [0.2, 0.25) is 0 Å². The average molecular weight is 426 g/mol. The molecule has 3 aliphatic heterocycles. The van der Waals surface area contributed by atoms with Crippen molar-refractivity contribution in [2.24, 2.45) is 0 Å². The summed E-state index contributed by atoms with van der Waals surface area (Å²) in [6.45, 7) is 1.21. The van der Waals surface area contributed by atoms with E-state index in [4.69, 9.17) is 4.74 Å². The molecule has 10 heteroatoms. The number of aromatic nitrogens is 4. The first-order chi connectivity index (χ1) is 15.0. The Bertz CT molecular complexity index is 1160. The van der Waals surface area contributed by atoms with Gasteiger partial charge in [-0.15, -0.1) is 0 Å². The van der Waals surface area contributed by atoms with Gasteiger partial charge in [0, 0.05) is 32.0 Å². The summed E-state index contributed by atoms with van der Waals surface area (Å²) in [7, 11) is 0. The highest BCUT2D eigenvalue weighted by molar-refractivity contribution is 5.88. The monoisotopic (exact) mass is 426 g/mol. The molecule has 1 spiro atoms. The van der Waals surface area contributed by atoms with Gasteiger partial charge >= 0.3 is 0 Å². The highest BCUT2D eigenvalue weighted by atomic mass is 19.1. The molecular formula is C21H20F2N6O2. The quantitative estimate of drug-likeness (QED) is 0.627. The van der Waals surface area contributed by atoms with E-state index in [-0.39, 0.29) is 18.2 Å². The second-order valence-electron chi connectivity index (χ2n) is 8.36. The lowest BCUT2D eigenvalue weighted by atomic mass is 9.89. The summed E-state index contributed by atoms with van der Waals surface area (Å²) in [6, 6.07) is 3.10. The van der Waals surface area contributed by atoms with Gasteiger partial charge in [-0.2, -0.15) is 9.61 Å². The van der Waals surface area contributed by atoms with Crippen molar-refractivity contribution in [2.45, 2.75) is 43.6 Å². The number of carbonyl (C=O) groups excluding carboxylic acids is 1. The van der Waals surface area contributed by atoms with Crippen molar-refractivity contribution < 1.29 is 18.3 Å². The lowest BCUT2D eigenvalue weighted by Crippen LogP contribution is -2.50. The average Bonchev–Trinajstić information content (AvgIpc) is 3.45. The molecule has 0 radical (unpaired) electrons. The second kappa shape index (κ2) is 6.68. The van der Waals surface area contributed by atoms with E-state index in [1.165, 1.54) is 18.5 Å². The van der Waals surface area contributed by atoms with Gasteiger partial charge in [0.25, 0.3) is 5.91 Å². The number of halogens is 2. The number of fused-ring (bicyclic) bond motifs is 2. The summed E-state index contributed by atoms with van der Waals surface area (Å²) in [5.74, 6) is -0.528. The maximum absolute atomic E-state index is 13.8. The maximum Gasteiger partial charge on any atom is 0.257 e. The van der Waals surface area contributed by atoms with Crippen molar-refractivity contribution in [1.82, 2.24) is 24.5 Å². The first-order valence-electron chi connectivity index (χ1n) is 10.4. The van der Waals surface area contributed by atoms with Crippen LogP contribution in [0.15, 0.2) is 36.9 Å². The van der Waals surface area contributed by atoms with Crippen LogP contribution in [0.4, 0.5) is 14.6 Å². The Morgan fingerprint density at radius 1 is 1.06 bits per heavy atom. The first-order valence-corrected chi connectivity index (χ1v) is 10.4. The van der Waals surface area contributed by atoms with Crippen LogP contribution in [0, 0.1) is 11.6 Å². The van der Waals surface area contributed by atoms with Crippen LogP contribution in [0.1, 0.15) is 37.3 Å². The van der Waals surface area contributed by atoms with Crippen molar-refractivity contribution in [2.75, 3.05) is 18.0 Å². The largest absolute Gasteiger partial charge is 0.355 e. The third-order valence-electron chi connectivity index (χ3n) is 6.65. The van der Waals surface area contributed by atoms with E-state index in [1.807, 2.05) is 0 Å². The Hall–Kier alpha value is -3.14. The van der Waals surface area contributed by atoms with Gasteiger partial charge in [-0.3, -0.25) is 9.78 Å². The number of hydrogen-bond donors (Lipinski definition) is 0. The third-order valence-corrected chi connectivity index (χ3v) is 6.65. The molecule has 0 N–H and O–H groups in total. The summed E-state index contributed by atoms with van der Waals surface area (Å²) in [5.41, 5.74) is 0.252. The van der Waals surface area contributed by atoms with E-state index in [1.54, 1.807) is 21.8 Å². The van der Waals surface area contributed by atoms with E-state index < -0.39 is 17.2 Å². The fourth-order valence-corrected chi connectivity index (χ4v) is 5.19. The van der Waals surface area contributed by atoms with Gasteiger partial charge in [-0.05, 0) is 30.5 Å². The Labute approximate surface area is 176 Å². The van der Waals surface area contributed by atoms with Crippen LogP contribution < -0.4 is 4.90 Å². The second-order valence-corrected chi connectivity index (χ2v) is 8.36. The van der Waals surface area contributed by atoms with Crippen molar-refractivity contribution in [1.29, 1.82) is 0 Å². The highest BCUT2D eigenvalue weighted by Crippen LogP contribution is 2.48. The molecule has 2 aromatic heterocycles. The molecule has 2 atom stereocenters. The number of ether oxygens (including phenoxy) is 1. The smallest absolute Gasteiger partial charge is 0.257 e. The standard InChI is InChI=1S/C21H20F2N6O2/c22-14-7-13(8-15(23)9-14)16-1-2-19-28(16)20(30)21(31-19)3-5-27(6-4-21)18-11-24-10-17-25-12-26-29(17)18/h7-12,16,19H,1-6H2. The van der Waals surface area contributed by atoms with Crippen molar-refractivity contribution in [3.8, 4) is 0 Å². The van der Waals surface area contributed by atoms with E-state index in [0.717, 1.165) is 11.9 Å². The Morgan fingerprint density at radius 2 is 1.84 bits per heavy atom. The van der Waals surface area contributed by atoms with Gasteiger partial charge in [0.2, 0.25) is 0 Å². The van der Waals surface area contributed by atoms with Crippen molar-refractivity contribution in [3.63, 3.8) is 0 Å². The Balaban J connectivity index is 1.24. The van der Waals surface area contributed by atoms with Gasteiger partial charge in [0.05, 0.1) is 18.4 Å². The SMILES string of the molecule is O=C1N2C(CCC2c2cc(F)cc(F)c2)OC12CCN(c1cncc3ncnn13)CC2. The van der Waals surface area contributed by atoms with Gasteiger partial charge in [0.1, 0.15) is 24.2 Å². The molecule has 3 aromatic rings. The molecule has 3 fully saturated rings. The topological polar surface area (TPSA) is 75.9 Å². The van der Waals surface area contributed by atoms with E-state index in [2.05, 4.69) is 20.0 Å². The zero-order valence-corrected chi connectivity index (χ0v) is 16.6. The summed E-state index contributed by atoms with van der Waals surface area (Å²) in [4.78, 5) is 25.7. The lowest BCUT2D eigenvalue weighted by molar-refractivity contribution is -0.140. The van der Waals surface area contributed by atoms with Crippen LogP contribution in [0.5, 0.6) is 0 Å². The third kappa shape index (κ3) is 2.81. The number of benzene rings is 1. The molecule has 0 aliphatic carbocycles. The molecule has 1 aromatic carbocycles. The molecule has 3 saturated heterocycles. The van der Waals surface area contributed by atoms with Crippen LogP contribution in [0.3, 0.4) is 0 Å². The number of piperidine rings is 1. The molecule has 0 saturated carbocycles. The van der Waals surface area contributed by atoms with Gasteiger partial charge in [-0.1, -0.05) is 0 Å². The van der Waals surface area contributed by atoms with Gasteiger partial charge in [0.15, 0.2) is 17.1 Å². The number of nitrogens with zero attached hydrogens (tertiary/aromatic N) is 6. The Morgan fingerprint density at radius 3 is 2.61 bits per heavy atom. The Kier molecular flexibility index (Phi) is 4.01.